The standard InChI is InChI=1S/C20H26N2O3S2/c1-20(2,3)15(23)11-26-19-21-17-16(13-7-4-8-14(13)27-17)18(24)22(19)10-12-6-5-9-25-12/h12H,4-11H2,1-3H3/t12-/m1/s1. The third-order valence-corrected chi connectivity index (χ3v) is 7.53. The zero-order valence-corrected chi connectivity index (χ0v) is 17.8. The molecule has 5 nitrogen and oxygen atoms in total. The molecule has 0 radical (unpaired) electrons. The van der Waals surface area contributed by atoms with Crippen molar-refractivity contribution in [2.45, 2.75) is 70.7 Å². The van der Waals surface area contributed by atoms with Gasteiger partial charge in [0.1, 0.15) is 10.6 Å². The first kappa shape index (κ1) is 19.2. The second-order valence-corrected chi connectivity index (χ2v) is 10.5. The number of ketones is 1. The lowest BCUT2D eigenvalue weighted by Gasteiger charge is -2.18. The zero-order valence-electron chi connectivity index (χ0n) is 16.2. The zero-order chi connectivity index (χ0) is 19.2. The van der Waals surface area contributed by atoms with Crippen molar-refractivity contribution in [3.05, 3.63) is 20.8 Å². The molecule has 1 fully saturated rings. The van der Waals surface area contributed by atoms with Crippen LogP contribution < -0.4 is 5.56 Å². The number of thiophene rings is 1. The minimum Gasteiger partial charge on any atom is -0.376 e. The lowest BCUT2D eigenvalue weighted by molar-refractivity contribution is -0.123. The topological polar surface area (TPSA) is 61.2 Å². The molecule has 1 saturated heterocycles. The molecule has 0 N–H and O–H groups in total. The van der Waals surface area contributed by atoms with Gasteiger partial charge >= 0.3 is 0 Å². The Morgan fingerprint density at radius 1 is 1.33 bits per heavy atom. The fourth-order valence-electron chi connectivity index (χ4n) is 3.67. The fourth-order valence-corrected chi connectivity index (χ4v) is 6.14. The van der Waals surface area contributed by atoms with Crippen LogP contribution in [0.15, 0.2) is 9.95 Å². The molecule has 146 valence electrons. The number of hydrogen-bond donors (Lipinski definition) is 0. The maximum absolute atomic E-state index is 13.4. The average Bonchev–Trinajstić information content (AvgIpc) is 3.31. The van der Waals surface area contributed by atoms with Crippen LogP contribution in [0.4, 0.5) is 0 Å². The first-order chi connectivity index (χ1) is 12.8. The maximum Gasteiger partial charge on any atom is 0.263 e. The molecule has 0 bridgehead atoms. The van der Waals surface area contributed by atoms with E-state index in [9.17, 15) is 9.59 Å². The van der Waals surface area contributed by atoms with Crippen molar-refractivity contribution < 1.29 is 9.53 Å². The second kappa shape index (κ2) is 7.33. The lowest BCUT2D eigenvalue weighted by atomic mass is 9.92. The van der Waals surface area contributed by atoms with Crippen molar-refractivity contribution in [3.63, 3.8) is 0 Å². The minimum atomic E-state index is -0.388. The van der Waals surface area contributed by atoms with E-state index in [-0.39, 0.29) is 22.9 Å². The van der Waals surface area contributed by atoms with E-state index in [1.165, 1.54) is 22.2 Å². The van der Waals surface area contributed by atoms with Crippen LogP contribution in [0.2, 0.25) is 0 Å². The number of aryl methyl sites for hydroxylation is 2. The summed E-state index contributed by atoms with van der Waals surface area (Å²) < 4.78 is 7.54. The number of carbonyl (C=O) groups excluding carboxylic acids is 1. The number of Topliss-reactive ketones (excluding diaryl/α,β-unsaturated/α-hetero) is 1. The van der Waals surface area contributed by atoms with Crippen molar-refractivity contribution in [1.82, 2.24) is 9.55 Å². The summed E-state index contributed by atoms with van der Waals surface area (Å²) in [6.07, 6.45) is 5.21. The van der Waals surface area contributed by atoms with Gasteiger partial charge in [-0.2, -0.15) is 0 Å². The molecular weight excluding hydrogens is 380 g/mol. The Kier molecular flexibility index (Phi) is 5.20. The minimum absolute atomic E-state index is 0.0422. The van der Waals surface area contributed by atoms with Crippen LogP contribution in [0.3, 0.4) is 0 Å². The molecule has 0 saturated carbocycles. The van der Waals surface area contributed by atoms with Crippen LogP contribution in [0.1, 0.15) is 50.5 Å². The van der Waals surface area contributed by atoms with Gasteiger partial charge in [-0.05, 0) is 37.7 Å². The van der Waals surface area contributed by atoms with Crippen LogP contribution in [-0.4, -0.2) is 33.8 Å². The van der Waals surface area contributed by atoms with Crippen molar-refractivity contribution >= 4 is 39.1 Å². The number of aromatic nitrogens is 2. The van der Waals surface area contributed by atoms with Crippen molar-refractivity contribution in [2.75, 3.05) is 12.4 Å². The Bertz CT molecular complexity index is 933. The number of nitrogens with zero attached hydrogens (tertiary/aromatic N) is 2. The van der Waals surface area contributed by atoms with Crippen LogP contribution in [0.25, 0.3) is 10.2 Å². The molecule has 27 heavy (non-hydrogen) atoms. The van der Waals surface area contributed by atoms with Crippen molar-refractivity contribution in [2.24, 2.45) is 5.41 Å². The highest BCUT2D eigenvalue weighted by Gasteiger charge is 2.27. The molecule has 7 heteroatoms. The normalized spacial score (nSPS) is 19.7. The molecule has 3 heterocycles. The van der Waals surface area contributed by atoms with Crippen molar-refractivity contribution in [3.8, 4) is 0 Å². The molecule has 0 unspecified atom stereocenters. The van der Waals surface area contributed by atoms with Gasteiger partial charge < -0.3 is 4.74 Å². The number of carbonyl (C=O) groups is 1. The van der Waals surface area contributed by atoms with Gasteiger partial charge in [0, 0.05) is 16.9 Å². The molecule has 2 aromatic heterocycles. The average molecular weight is 407 g/mol. The molecule has 2 aliphatic rings. The van der Waals surface area contributed by atoms with Gasteiger partial charge in [0.2, 0.25) is 0 Å². The summed E-state index contributed by atoms with van der Waals surface area (Å²) in [6.45, 7) is 7.06. The summed E-state index contributed by atoms with van der Waals surface area (Å²) in [5.41, 5.74) is 0.859. The van der Waals surface area contributed by atoms with Gasteiger partial charge in [-0.15, -0.1) is 11.3 Å². The van der Waals surface area contributed by atoms with E-state index in [0.717, 1.165) is 48.9 Å². The van der Waals surface area contributed by atoms with Gasteiger partial charge in [-0.3, -0.25) is 14.2 Å². The van der Waals surface area contributed by atoms with Gasteiger partial charge in [0.25, 0.3) is 5.56 Å². The monoisotopic (exact) mass is 406 g/mol. The Labute approximate surface area is 167 Å². The molecule has 1 aliphatic heterocycles. The Hall–Kier alpha value is -1.18. The van der Waals surface area contributed by atoms with E-state index < -0.39 is 0 Å². The third kappa shape index (κ3) is 3.74. The molecule has 0 aromatic carbocycles. The Morgan fingerprint density at radius 3 is 2.85 bits per heavy atom. The number of thioether (sulfide) groups is 1. The van der Waals surface area contributed by atoms with Gasteiger partial charge in [-0.1, -0.05) is 32.5 Å². The number of ether oxygens (including phenoxy) is 1. The molecule has 2 aromatic rings. The number of rotatable bonds is 5. The molecule has 1 aliphatic carbocycles. The van der Waals surface area contributed by atoms with Crippen LogP contribution in [0, 0.1) is 5.41 Å². The lowest BCUT2D eigenvalue weighted by Crippen LogP contribution is -2.29. The van der Waals surface area contributed by atoms with E-state index in [4.69, 9.17) is 9.72 Å². The summed E-state index contributed by atoms with van der Waals surface area (Å²) >= 11 is 3.04. The Balaban J connectivity index is 1.73. The van der Waals surface area contributed by atoms with E-state index in [1.807, 2.05) is 20.8 Å². The summed E-state index contributed by atoms with van der Waals surface area (Å²) in [5.74, 6) is 0.497. The molecular formula is C20H26N2O3S2. The van der Waals surface area contributed by atoms with E-state index in [1.54, 1.807) is 15.9 Å². The van der Waals surface area contributed by atoms with E-state index in [2.05, 4.69) is 0 Å². The first-order valence-electron chi connectivity index (χ1n) is 9.67. The molecule has 0 spiro atoms. The summed E-state index contributed by atoms with van der Waals surface area (Å²) in [6, 6.07) is 0. The first-order valence-corrected chi connectivity index (χ1v) is 11.5. The predicted octanol–water partition coefficient (Wildman–Crippen LogP) is 3.83. The summed E-state index contributed by atoms with van der Waals surface area (Å²) in [7, 11) is 0. The van der Waals surface area contributed by atoms with E-state index >= 15 is 0 Å². The summed E-state index contributed by atoms with van der Waals surface area (Å²) in [4.78, 5) is 32.7. The van der Waals surface area contributed by atoms with E-state index in [0.29, 0.717) is 17.5 Å². The third-order valence-electron chi connectivity index (χ3n) is 5.37. The van der Waals surface area contributed by atoms with Crippen LogP contribution in [0.5, 0.6) is 0 Å². The highest BCUT2D eigenvalue weighted by molar-refractivity contribution is 7.99. The number of hydrogen-bond acceptors (Lipinski definition) is 6. The Morgan fingerprint density at radius 2 is 2.15 bits per heavy atom. The fraction of sp³-hybridized carbons (Fsp3) is 0.650. The molecule has 4 rings (SSSR count). The SMILES string of the molecule is CC(C)(C)C(=O)CSc1nc2sc3c(c2c(=O)n1C[C@H]1CCCO1)CCC3. The maximum atomic E-state index is 13.4. The highest BCUT2D eigenvalue weighted by atomic mass is 32.2. The predicted molar refractivity (Wildman–Crippen MR) is 110 cm³/mol. The highest BCUT2D eigenvalue weighted by Crippen LogP contribution is 2.36. The molecule has 0 amide bonds. The van der Waals surface area contributed by atoms with Gasteiger partial charge in [-0.25, -0.2) is 4.98 Å². The molecule has 1 atom stereocenters. The van der Waals surface area contributed by atoms with Crippen LogP contribution >= 0.6 is 23.1 Å². The van der Waals surface area contributed by atoms with Gasteiger partial charge in [0.15, 0.2) is 5.16 Å². The summed E-state index contributed by atoms with van der Waals surface area (Å²) in [5, 5.41) is 1.46. The largest absolute Gasteiger partial charge is 0.376 e. The van der Waals surface area contributed by atoms with Crippen molar-refractivity contribution in [1.29, 1.82) is 0 Å². The number of fused-ring (bicyclic) bond motifs is 3. The second-order valence-electron chi connectivity index (χ2n) is 8.44. The van der Waals surface area contributed by atoms with Crippen LogP contribution in [-0.2, 0) is 28.9 Å². The van der Waals surface area contributed by atoms with Gasteiger partial charge in [0.05, 0.1) is 23.8 Å². The smallest absolute Gasteiger partial charge is 0.263 e. The quantitative estimate of drug-likeness (QED) is 0.558.